The Morgan fingerprint density at radius 1 is 1.46 bits per heavy atom. The number of piperidine rings is 1. The van der Waals surface area contributed by atoms with Crippen molar-refractivity contribution in [2.75, 3.05) is 26.8 Å². The molecule has 0 radical (unpaired) electrons. The average molecular weight is 427 g/mol. The number of halogens is 2. The number of rotatable bonds is 7. The van der Waals surface area contributed by atoms with Gasteiger partial charge in [-0.05, 0) is 44.5 Å². The third-order valence-corrected chi connectivity index (χ3v) is 5.23. The molecule has 1 aromatic heterocycles. The molecule has 3 rings (SSSR count). The van der Waals surface area contributed by atoms with E-state index in [1.165, 1.54) is 0 Å². The Bertz CT molecular complexity index is 814. The lowest BCUT2D eigenvalue weighted by Gasteiger charge is -2.31. The SMILES string of the molecule is COCC(C)NC(=O)C1CCCN(Cc2nc(-c3ccc(Cl)cc3Cl)no2)C1. The number of nitrogens with zero attached hydrogens (tertiary/aromatic N) is 3. The van der Waals surface area contributed by atoms with Gasteiger partial charge in [0.15, 0.2) is 0 Å². The van der Waals surface area contributed by atoms with Crippen molar-refractivity contribution in [2.45, 2.75) is 32.4 Å². The fourth-order valence-electron chi connectivity index (χ4n) is 3.36. The molecule has 1 N–H and O–H groups in total. The van der Waals surface area contributed by atoms with Crippen LogP contribution in [0, 0.1) is 5.92 Å². The number of hydrogen-bond acceptors (Lipinski definition) is 6. The third-order valence-electron chi connectivity index (χ3n) is 4.68. The summed E-state index contributed by atoms with van der Waals surface area (Å²) in [5.41, 5.74) is 0.670. The van der Waals surface area contributed by atoms with Crippen molar-refractivity contribution in [2.24, 2.45) is 5.92 Å². The minimum atomic E-state index is -0.0545. The number of benzene rings is 1. The van der Waals surface area contributed by atoms with Crippen molar-refractivity contribution in [3.63, 3.8) is 0 Å². The molecule has 1 aromatic carbocycles. The number of ether oxygens (including phenoxy) is 1. The summed E-state index contributed by atoms with van der Waals surface area (Å²) in [6.45, 7) is 4.47. The van der Waals surface area contributed by atoms with E-state index < -0.39 is 0 Å². The second-order valence-corrected chi connectivity index (χ2v) is 7.92. The molecule has 1 fully saturated rings. The maximum atomic E-state index is 12.5. The van der Waals surface area contributed by atoms with Crippen molar-refractivity contribution in [3.05, 3.63) is 34.1 Å². The van der Waals surface area contributed by atoms with Crippen LogP contribution in [-0.2, 0) is 16.1 Å². The van der Waals surface area contributed by atoms with Crippen molar-refractivity contribution < 1.29 is 14.1 Å². The summed E-state index contributed by atoms with van der Waals surface area (Å²) in [6.07, 6.45) is 1.82. The van der Waals surface area contributed by atoms with Gasteiger partial charge in [-0.15, -0.1) is 0 Å². The van der Waals surface area contributed by atoms with Crippen LogP contribution in [0.3, 0.4) is 0 Å². The Morgan fingerprint density at radius 2 is 2.29 bits per heavy atom. The Kier molecular flexibility index (Phi) is 7.29. The van der Waals surface area contributed by atoms with Gasteiger partial charge >= 0.3 is 0 Å². The molecule has 7 nitrogen and oxygen atoms in total. The Hall–Kier alpha value is -1.67. The average Bonchev–Trinajstić information content (AvgIpc) is 3.10. The maximum absolute atomic E-state index is 12.5. The highest BCUT2D eigenvalue weighted by Gasteiger charge is 2.27. The van der Waals surface area contributed by atoms with E-state index in [4.69, 9.17) is 32.5 Å². The van der Waals surface area contributed by atoms with E-state index in [9.17, 15) is 4.79 Å². The van der Waals surface area contributed by atoms with Gasteiger partial charge in [-0.1, -0.05) is 28.4 Å². The van der Waals surface area contributed by atoms with Crippen LogP contribution in [0.1, 0.15) is 25.7 Å². The molecule has 0 aliphatic carbocycles. The maximum Gasteiger partial charge on any atom is 0.241 e. The highest BCUT2D eigenvalue weighted by atomic mass is 35.5. The largest absolute Gasteiger partial charge is 0.383 e. The van der Waals surface area contributed by atoms with E-state index in [1.54, 1.807) is 25.3 Å². The van der Waals surface area contributed by atoms with Gasteiger partial charge in [-0.2, -0.15) is 4.98 Å². The van der Waals surface area contributed by atoms with Gasteiger partial charge in [0.2, 0.25) is 17.6 Å². The summed E-state index contributed by atoms with van der Waals surface area (Å²) in [5, 5.41) is 8.05. The van der Waals surface area contributed by atoms with Gasteiger partial charge in [0.1, 0.15) is 0 Å². The minimum Gasteiger partial charge on any atom is -0.383 e. The molecule has 9 heteroatoms. The monoisotopic (exact) mass is 426 g/mol. The zero-order valence-corrected chi connectivity index (χ0v) is 17.5. The number of carbonyl (C=O) groups excluding carboxylic acids is 1. The van der Waals surface area contributed by atoms with Crippen LogP contribution in [0.2, 0.25) is 10.0 Å². The molecule has 1 saturated heterocycles. The predicted molar refractivity (Wildman–Crippen MR) is 107 cm³/mol. The topological polar surface area (TPSA) is 80.5 Å². The molecular weight excluding hydrogens is 403 g/mol. The van der Waals surface area contributed by atoms with Crippen molar-refractivity contribution in [3.8, 4) is 11.4 Å². The molecule has 2 atom stereocenters. The third kappa shape index (κ3) is 5.44. The zero-order chi connectivity index (χ0) is 20.1. The van der Waals surface area contributed by atoms with Crippen LogP contribution in [0.5, 0.6) is 0 Å². The first-order valence-corrected chi connectivity index (χ1v) is 10.0. The smallest absolute Gasteiger partial charge is 0.241 e. The number of amides is 1. The van der Waals surface area contributed by atoms with E-state index in [2.05, 4.69) is 20.4 Å². The summed E-state index contributed by atoms with van der Waals surface area (Å²) < 4.78 is 10.5. The molecule has 152 valence electrons. The molecule has 0 spiro atoms. The Morgan fingerprint density at radius 3 is 3.04 bits per heavy atom. The molecule has 1 aliphatic rings. The van der Waals surface area contributed by atoms with Crippen LogP contribution < -0.4 is 5.32 Å². The van der Waals surface area contributed by atoms with Gasteiger partial charge in [0.25, 0.3) is 0 Å². The van der Waals surface area contributed by atoms with Crippen LogP contribution in [0.25, 0.3) is 11.4 Å². The van der Waals surface area contributed by atoms with Crippen molar-refractivity contribution >= 4 is 29.1 Å². The number of likely N-dealkylation sites (tertiary alicyclic amines) is 1. The molecule has 28 heavy (non-hydrogen) atoms. The highest BCUT2D eigenvalue weighted by molar-refractivity contribution is 6.36. The lowest BCUT2D eigenvalue weighted by Crippen LogP contribution is -2.46. The van der Waals surface area contributed by atoms with Gasteiger partial charge < -0.3 is 14.6 Å². The Labute approximate surface area is 174 Å². The first-order valence-electron chi connectivity index (χ1n) is 9.26. The number of methoxy groups -OCH3 is 1. The minimum absolute atomic E-state index is 0.00417. The molecule has 0 bridgehead atoms. The predicted octanol–water partition coefficient (Wildman–Crippen LogP) is 3.41. The van der Waals surface area contributed by atoms with Crippen molar-refractivity contribution in [1.82, 2.24) is 20.4 Å². The zero-order valence-electron chi connectivity index (χ0n) is 16.0. The van der Waals surface area contributed by atoms with E-state index in [-0.39, 0.29) is 17.9 Å². The van der Waals surface area contributed by atoms with E-state index in [0.717, 1.165) is 19.4 Å². The Balaban J connectivity index is 1.59. The molecule has 0 saturated carbocycles. The first-order chi connectivity index (χ1) is 13.5. The van der Waals surface area contributed by atoms with Gasteiger partial charge in [0, 0.05) is 30.3 Å². The quantitative estimate of drug-likeness (QED) is 0.730. The summed E-state index contributed by atoms with van der Waals surface area (Å²) in [6, 6.07) is 5.14. The molecule has 2 aromatic rings. The normalized spacial score (nSPS) is 18.8. The van der Waals surface area contributed by atoms with Crippen LogP contribution in [0.4, 0.5) is 0 Å². The van der Waals surface area contributed by atoms with Gasteiger partial charge in [0.05, 0.1) is 24.1 Å². The lowest BCUT2D eigenvalue weighted by molar-refractivity contribution is -0.127. The van der Waals surface area contributed by atoms with Crippen LogP contribution in [-0.4, -0.2) is 53.8 Å². The highest BCUT2D eigenvalue weighted by Crippen LogP contribution is 2.28. The standard InChI is InChI=1S/C19H24Cl2N4O3/c1-12(11-27-2)22-19(26)13-4-3-7-25(9-13)10-17-23-18(24-28-17)15-6-5-14(20)8-16(15)21/h5-6,8,12-13H,3-4,7,9-11H2,1-2H3,(H,22,26). The van der Waals surface area contributed by atoms with Crippen molar-refractivity contribution in [1.29, 1.82) is 0 Å². The molecule has 1 aliphatic heterocycles. The van der Waals surface area contributed by atoms with Crippen LogP contribution in [0.15, 0.2) is 22.7 Å². The number of carbonyl (C=O) groups is 1. The van der Waals surface area contributed by atoms with E-state index in [0.29, 0.717) is 47.0 Å². The van der Waals surface area contributed by atoms with E-state index in [1.807, 2.05) is 6.92 Å². The van der Waals surface area contributed by atoms with E-state index >= 15 is 0 Å². The number of nitrogens with one attached hydrogen (secondary N) is 1. The van der Waals surface area contributed by atoms with Gasteiger partial charge in [-0.25, -0.2) is 0 Å². The molecule has 2 heterocycles. The summed E-state index contributed by atoms with van der Waals surface area (Å²) >= 11 is 12.1. The fraction of sp³-hybridized carbons (Fsp3) is 0.526. The van der Waals surface area contributed by atoms with Gasteiger partial charge in [-0.3, -0.25) is 9.69 Å². The molecule has 1 amide bonds. The summed E-state index contributed by atoms with van der Waals surface area (Å²) in [7, 11) is 1.63. The second kappa shape index (κ2) is 9.69. The fourth-order valence-corrected chi connectivity index (χ4v) is 3.85. The molecule has 2 unspecified atom stereocenters. The summed E-state index contributed by atoms with van der Waals surface area (Å²) in [5.74, 6) is 0.931. The molecular formula is C19H24Cl2N4O3. The van der Waals surface area contributed by atoms with Crippen LogP contribution >= 0.6 is 23.2 Å². The first kappa shape index (κ1) is 21.0. The second-order valence-electron chi connectivity index (χ2n) is 7.08. The summed E-state index contributed by atoms with van der Waals surface area (Å²) in [4.78, 5) is 19.1. The number of hydrogen-bond donors (Lipinski definition) is 1. The number of aromatic nitrogens is 2. The lowest BCUT2D eigenvalue weighted by atomic mass is 9.97.